The Labute approximate surface area is 142 Å². The number of benzene rings is 1. The van der Waals surface area contributed by atoms with Gasteiger partial charge in [-0.15, -0.1) is 0 Å². The lowest BCUT2D eigenvalue weighted by Crippen LogP contribution is -2.45. The molecule has 1 atom stereocenters. The first-order valence-electron chi connectivity index (χ1n) is 7.85. The molecule has 0 spiro atoms. The van der Waals surface area contributed by atoms with Crippen molar-refractivity contribution in [2.24, 2.45) is 0 Å². The highest BCUT2D eigenvalue weighted by atomic mass is 16.3. The molecular formula is C18H24N4O2. The molecule has 0 radical (unpaired) electrons. The van der Waals surface area contributed by atoms with E-state index in [9.17, 15) is 9.90 Å². The van der Waals surface area contributed by atoms with E-state index in [4.69, 9.17) is 0 Å². The lowest BCUT2D eigenvalue weighted by atomic mass is 10.0. The van der Waals surface area contributed by atoms with Crippen molar-refractivity contribution in [1.29, 1.82) is 0 Å². The molecule has 2 amide bonds. The number of carbonyl (C=O) groups is 1. The maximum absolute atomic E-state index is 12.2. The highest BCUT2D eigenvalue weighted by molar-refractivity contribution is 5.74. The predicted octanol–water partition coefficient (Wildman–Crippen LogP) is 2.62. The van der Waals surface area contributed by atoms with Crippen LogP contribution in [0.25, 0.3) is 11.1 Å². The summed E-state index contributed by atoms with van der Waals surface area (Å²) in [6, 6.07) is 7.56. The Bertz CT molecular complexity index is 666. The first-order chi connectivity index (χ1) is 11.3. The lowest BCUT2D eigenvalue weighted by molar-refractivity contribution is 0.0528. The molecule has 0 aliphatic heterocycles. The Hall–Kier alpha value is -2.47. The molecule has 0 fully saturated rings. The van der Waals surface area contributed by atoms with Crippen LogP contribution in [0.4, 0.5) is 4.79 Å². The zero-order valence-electron chi connectivity index (χ0n) is 14.5. The molecule has 2 N–H and O–H groups in total. The van der Waals surface area contributed by atoms with E-state index >= 15 is 0 Å². The number of rotatable bonds is 5. The monoisotopic (exact) mass is 328 g/mol. The number of nitrogens with one attached hydrogen (secondary N) is 1. The van der Waals surface area contributed by atoms with Crippen LogP contribution in [0, 0.1) is 0 Å². The van der Waals surface area contributed by atoms with Gasteiger partial charge in [0.05, 0.1) is 18.2 Å². The molecular weight excluding hydrogens is 304 g/mol. The molecule has 0 aliphatic carbocycles. The minimum absolute atomic E-state index is 0.136. The van der Waals surface area contributed by atoms with Gasteiger partial charge in [-0.3, -0.25) is 0 Å². The summed E-state index contributed by atoms with van der Waals surface area (Å²) in [5.74, 6) is 0. The van der Waals surface area contributed by atoms with Gasteiger partial charge in [-0.05, 0) is 31.9 Å². The Kier molecular flexibility index (Phi) is 5.51. The molecule has 0 saturated heterocycles. The van der Waals surface area contributed by atoms with Crippen LogP contribution in [0.2, 0.25) is 0 Å². The zero-order valence-corrected chi connectivity index (χ0v) is 14.5. The van der Waals surface area contributed by atoms with Crippen molar-refractivity contribution < 1.29 is 9.90 Å². The molecule has 0 bridgehead atoms. The van der Waals surface area contributed by atoms with Crippen LogP contribution < -0.4 is 5.32 Å². The maximum atomic E-state index is 12.2. The van der Waals surface area contributed by atoms with E-state index in [0.29, 0.717) is 0 Å². The van der Waals surface area contributed by atoms with Crippen molar-refractivity contribution in [3.05, 3.63) is 48.5 Å². The summed E-state index contributed by atoms with van der Waals surface area (Å²) in [5, 5.41) is 12.7. The number of hydrogen-bond donors (Lipinski definition) is 2. The second-order valence-corrected chi connectivity index (χ2v) is 6.59. The van der Waals surface area contributed by atoms with Gasteiger partial charge >= 0.3 is 6.03 Å². The highest BCUT2D eigenvalue weighted by Crippen LogP contribution is 2.20. The minimum atomic E-state index is -0.922. The van der Waals surface area contributed by atoms with E-state index in [1.807, 2.05) is 31.2 Å². The predicted molar refractivity (Wildman–Crippen MR) is 93.3 cm³/mol. The molecule has 0 saturated carbocycles. The van der Waals surface area contributed by atoms with Gasteiger partial charge in [0.1, 0.15) is 6.33 Å². The molecule has 24 heavy (non-hydrogen) atoms. The van der Waals surface area contributed by atoms with Gasteiger partial charge in [-0.25, -0.2) is 14.8 Å². The average Bonchev–Trinajstić information content (AvgIpc) is 2.54. The smallest absolute Gasteiger partial charge is 0.317 e. The van der Waals surface area contributed by atoms with Gasteiger partial charge in [-0.1, -0.05) is 24.3 Å². The number of carbonyl (C=O) groups excluding carboxylic acids is 1. The molecule has 1 heterocycles. The fourth-order valence-electron chi connectivity index (χ4n) is 2.44. The maximum Gasteiger partial charge on any atom is 0.317 e. The van der Waals surface area contributed by atoms with Crippen molar-refractivity contribution in [2.45, 2.75) is 32.4 Å². The summed E-state index contributed by atoms with van der Waals surface area (Å²) in [4.78, 5) is 21.7. The van der Waals surface area contributed by atoms with E-state index in [-0.39, 0.29) is 18.6 Å². The average molecular weight is 328 g/mol. The van der Waals surface area contributed by atoms with Gasteiger partial charge in [0.2, 0.25) is 0 Å². The lowest BCUT2D eigenvalue weighted by Gasteiger charge is -2.27. The van der Waals surface area contributed by atoms with Crippen molar-refractivity contribution in [3.63, 3.8) is 0 Å². The second kappa shape index (κ2) is 7.40. The Morgan fingerprint density at radius 3 is 2.33 bits per heavy atom. The summed E-state index contributed by atoms with van der Waals surface area (Å²) in [6.07, 6.45) is 5.03. The van der Waals surface area contributed by atoms with Crippen molar-refractivity contribution >= 4 is 6.03 Å². The number of hydrogen-bond acceptors (Lipinski definition) is 4. The van der Waals surface area contributed by atoms with Crippen LogP contribution in [0.3, 0.4) is 0 Å². The quantitative estimate of drug-likeness (QED) is 0.884. The number of likely N-dealkylation sites (N-methyl/N-ethyl adjacent to an activating group) is 1. The Morgan fingerprint density at radius 1 is 1.21 bits per heavy atom. The van der Waals surface area contributed by atoms with Gasteiger partial charge in [0.25, 0.3) is 0 Å². The zero-order chi connectivity index (χ0) is 17.7. The van der Waals surface area contributed by atoms with Crippen LogP contribution in [0.15, 0.2) is 43.0 Å². The molecule has 1 aromatic carbocycles. The largest absolute Gasteiger partial charge is 0.389 e. The van der Waals surface area contributed by atoms with Crippen molar-refractivity contribution in [2.75, 3.05) is 13.6 Å². The van der Waals surface area contributed by atoms with Crippen LogP contribution >= 0.6 is 0 Å². The molecule has 0 aliphatic rings. The van der Waals surface area contributed by atoms with E-state index in [1.54, 1.807) is 33.3 Å². The number of aromatic nitrogens is 2. The molecule has 6 heteroatoms. The fraction of sp³-hybridized carbons (Fsp3) is 0.389. The third-order valence-electron chi connectivity index (χ3n) is 3.62. The standard InChI is InChI=1S/C18H24N4O2/c1-13(21-17(23)22(4)11-18(2,3)24)14-5-7-15(8-6-14)16-9-19-12-20-10-16/h5-10,12-13,24H,11H2,1-4H3,(H,21,23). The van der Waals surface area contributed by atoms with Gasteiger partial charge in [0.15, 0.2) is 0 Å². The molecule has 6 nitrogen and oxygen atoms in total. The van der Waals surface area contributed by atoms with Crippen LogP contribution in [0.1, 0.15) is 32.4 Å². The third-order valence-corrected chi connectivity index (χ3v) is 3.62. The number of nitrogens with zero attached hydrogens (tertiary/aromatic N) is 3. The van der Waals surface area contributed by atoms with Crippen molar-refractivity contribution in [1.82, 2.24) is 20.2 Å². The fourth-order valence-corrected chi connectivity index (χ4v) is 2.44. The Morgan fingerprint density at radius 2 is 1.79 bits per heavy atom. The molecule has 1 aromatic heterocycles. The number of urea groups is 1. The van der Waals surface area contributed by atoms with Gasteiger partial charge in [-0.2, -0.15) is 0 Å². The Balaban J connectivity index is 2.00. The normalized spacial score (nSPS) is 12.5. The first kappa shape index (κ1) is 17.9. The van der Waals surface area contributed by atoms with E-state index < -0.39 is 5.60 Å². The summed E-state index contributed by atoms with van der Waals surface area (Å²) >= 11 is 0. The number of amides is 2. The molecule has 2 rings (SSSR count). The van der Waals surface area contributed by atoms with Gasteiger partial charge in [0, 0.05) is 25.0 Å². The summed E-state index contributed by atoms with van der Waals surface area (Å²) in [5.41, 5.74) is 2.05. The molecule has 2 aromatic rings. The van der Waals surface area contributed by atoms with E-state index in [1.165, 1.54) is 11.2 Å². The minimum Gasteiger partial charge on any atom is -0.389 e. The molecule has 128 valence electrons. The van der Waals surface area contributed by atoms with Crippen molar-refractivity contribution in [3.8, 4) is 11.1 Å². The summed E-state index contributed by atoms with van der Waals surface area (Å²) in [7, 11) is 1.67. The highest BCUT2D eigenvalue weighted by Gasteiger charge is 2.20. The SMILES string of the molecule is CC(NC(=O)N(C)CC(C)(C)O)c1ccc(-c2cncnc2)cc1. The topological polar surface area (TPSA) is 78.4 Å². The van der Waals surface area contributed by atoms with Crippen LogP contribution in [-0.4, -0.2) is 45.2 Å². The van der Waals surface area contributed by atoms with Crippen LogP contribution in [-0.2, 0) is 0 Å². The van der Waals surface area contributed by atoms with Gasteiger partial charge < -0.3 is 15.3 Å². The molecule has 1 unspecified atom stereocenters. The van der Waals surface area contributed by atoms with Crippen LogP contribution in [0.5, 0.6) is 0 Å². The summed E-state index contributed by atoms with van der Waals surface area (Å²) in [6.45, 7) is 5.54. The second-order valence-electron chi connectivity index (χ2n) is 6.59. The van der Waals surface area contributed by atoms with E-state index in [0.717, 1.165) is 16.7 Å². The summed E-state index contributed by atoms with van der Waals surface area (Å²) < 4.78 is 0. The first-order valence-corrected chi connectivity index (χ1v) is 7.85. The third kappa shape index (κ3) is 5.03. The van der Waals surface area contributed by atoms with E-state index in [2.05, 4.69) is 15.3 Å². The number of aliphatic hydroxyl groups is 1.